The van der Waals surface area contributed by atoms with Gasteiger partial charge >= 0.3 is 0 Å². The maximum Gasteiger partial charge on any atom is 0.254 e. The molecule has 32 heavy (non-hydrogen) atoms. The molecular formula is C22H22FN7O2. The Morgan fingerprint density at radius 1 is 1.22 bits per heavy atom. The molecule has 1 aromatic carbocycles. The van der Waals surface area contributed by atoms with Crippen LogP contribution in [-0.4, -0.2) is 44.5 Å². The second-order valence-corrected chi connectivity index (χ2v) is 8.06. The predicted molar refractivity (Wildman–Crippen MR) is 116 cm³/mol. The summed E-state index contributed by atoms with van der Waals surface area (Å²) in [5.41, 5.74) is 2.38. The van der Waals surface area contributed by atoms with Gasteiger partial charge in [-0.3, -0.25) is 14.9 Å². The largest absolute Gasteiger partial charge is 0.354 e. The molecule has 3 aromatic rings. The molecule has 3 heterocycles. The molecule has 2 aliphatic rings. The normalized spacial score (nSPS) is 17.2. The van der Waals surface area contributed by atoms with E-state index in [1.807, 2.05) is 6.07 Å². The third-order valence-corrected chi connectivity index (χ3v) is 5.45. The molecule has 10 heteroatoms. The maximum absolute atomic E-state index is 13.4. The Hall–Kier alpha value is -3.82. The standard InChI is InChI=1S/C22H22FN7O2/c23-17-3-1-2-13(8-17)6-7-24-22-29-21(25-11-14-4-5-14)28-19-16(12-26-30(19)22)9-15-10-18(31)27-20(15)32/h1-3,8-9,12,14H,4-7,10-11H2,(H,27,31,32)(H2,24,25,28,29). The van der Waals surface area contributed by atoms with Crippen molar-refractivity contribution in [2.75, 3.05) is 23.7 Å². The predicted octanol–water partition coefficient (Wildman–Crippen LogP) is 2.17. The second-order valence-electron chi connectivity index (χ2n) is 8.06. The summed E-state index contributed by atoms with van der Waals surface area (Å²) in [7, 11) is 0. The average Bonchev–Trinajstić information content (AvgIpc) is 3.43. The van der Waals surface area contributed by atoms with Crippen molar-refractivity contribution in [2.24, 2.45) is 5.92 Å². The van der Waals surface area contributed by atoms with Crippen LogP contribution in [0.15, 0.2) is 36.0 Å². The highest BCUT2D eigenvalue weighted by Gasteiger charge is 2.25. The lowest BCUT2D eigenvalue weighted by Crippen LogP contribution is -2.19. The smallest absolute Gasteiger partial charge is 0.254 e. The third-order valence-electron chi connectivity index (χ3n) is 5.45. The minimum Gasteiger partial charge on any atom is -0.354 e. The van der Waals surface area contributed by atoms with Gasteiger partial charge in [-0.1, -0.05) is 12.1 Å². The molecular weight excluding hydrogens is 413 g/mol. The van der Waals surface area contributed by atoms with E-state index in [0.717, 1.165) is 12.1 Å². The van der Waals surface area contributed by atoms with E-state index in [4.69, 9.17) is 0 Å². The molecule has 9 nitrogen and oxygen atoms in total. The van der Waals surface area contributed by atoms with E-state index >= 15 is 0 Å². The lowest BCUT2D eigenvalue weighted by Gasteiger charge is -2.11. The number of carbonyl (C=O) groups excluding carboxylic acids is 2. The summed E-state index contributed by atoms with van der Waals surface area (Å²) >= 11 is 0. The van der Waals surface area contributed by atoms with Crippen LogP contribution in [-0.2, 0) is 16.0 Å². The fourth-order valence-corrected chi connectivity index (χ4v) is 3.57. The Labute approximate surface area is 183 Å². The van der Waals surface area contributed by atoms with E-state index in [9.17, 15) is 14.0 Å². The lowest BCUT2D eigenvalue weighted by molar-refractivity contribution is -0.124. The highest BCUT2D eigenvalue weighted by Crippen LogP contribution is 2.29. The van der Waals surface area contributed by atoms with Gasteiger partial charge < -0.3 is 10.6 Å². The van der Waals surface area contributed by atoms with Crippen LogP contribution in [0.5, 0.6) is 0 Å². The van der Waals surface area contributed by atoms with E-state index in [0.29, 0.717) is 47.6 Å². The molecule has 0 atom stereocenters. The van der Waals surface area contributed by atoms with E-state index in [1.165, 1.54) is 25.0 Å². The lowest BCUT2D eigenvalue weighted by atomic mass is 10.1. The number of fused-ring (bicyclic) bond motifs is 1. The fraction of sp³-hybridized carbons (Fsp3) is 0.318. The molecule has 5 rings (SSSR count). The molecule has 2 amide bonds. The van der Waals surface area contributed by atoms with Crippen LogP contribution in [0.3, 0.4) is 0 Å². The average molecular weight is 435 g/mol. The number of rotatable bonds is 8. The van der Waals surface area contributed by atoms with Gasteiger partial charge in [0.2, 0.25) is 17.8 Å². The van der Waals surface area contributed by atoms with E-state index in [1.54, 1.807) is 22.9 Å². The van der Waals surface area contributed by atoms with Gasteiger partial charge in [0, 0.05) is 24.2 Å². The first-order valence-electron chi connectivity index (χ1n) is 10.6. The number of anilines is 2. The zero-order chi connectivity index (χ0) is 22.1. The van der Waals surface area contributed by atoms with Crippen LogP contribution in [0.2, 0.25) is 0 Å². The molecule has 1 aliphatic heterocycles. The fourth-order valence-electron chi connectivity index (χ4n) is 3.57. The van der Waals surface area contributed by atoms with E-state index in [2.05, 4.69) is 31.0 Å². The van der Waals surface area contributed by atoms with Crippen molar-refractivity contribution in [3.63, 3.8) is 0 Å². The molecule has 1 saturated heterocycles. The van der Waals surface area contributed by atoms with Crippen LogP contribution in [0.4, 0.5) is 16.3 Å². The monoisotopic (exact) mass is 435 g/mol. The number of amides is 2. The molecule has 0 radical (unpaired) electrons. The summed E-state index contributed by atoms with van der Waals surface area (Å²) in [6.45, 7) is 1.31. The van der Waals surface area contributed by atoms with Crippen molar-refractivity contribution < 1.29 is 14.0 Å². The van der Waals surface area contributed by atoms with Gasteiger partial charge in [0.25, 0.3) is 5.91 Å². The molecule has 1 aliphatic carbocycles. The van der Waals surface area contributed by atoms with Gasteiger partial charge in [0.15, 0.2) is 5.65 Å². The molecule has 164 valence electrons. The van der Waals surface area contributed by atoms with Gasteiger partial charge in [-0.05, 0) is 49.0 Å². The summed E-state index contributed by atoms with van der Waals surface area (Å²) < 4.78 is 15.0. The number of halogens is 1. The highest BCUT2D eigenvalue weighted by atomic mass is 19.1. The summed E-state index contributed by atoms with van der Waals surface area (Å²) in [5, 5.41) is 13.2. The molecule has 0 unspecified atom stereocenters. The number of nitrogens with zero attached hydrogens (tertiary/aromatic N) is 4. The zero-order valence-electron chi connectivity index (χ0n) is 17.3. The quantitative estimate of drug-likeness (QED) is 0.367. The van der Waals surface area contributed by atoms with Gasteiger partial charge in [0.1, 0.15) is 5.82 Å². The molecule has 3 N–H and O–H groups in total. The molecule has 0 bridgehead atoms. The summed E-state index contributed by atoms with van der Waals surface area (Å²) in [5.74, 6) is 0.602. The van der Waals surface area contributed by atoms with Crippen LogP contribution in [0, 0.1) is 11.7 Å². The third kappa shape index (κ3) is 4.43. The number of hydrogen-bond acceptors (Lipinski definition) is 7. The minimum absolute atomic E-state index is 0.0345. The van der Waals surface area contributed by atoms with Crippen molar-refractivity contribution in [1.82, 2.24) is 24.9 Å². The number of nitrogens with one attached hydrogen (secondary N) is 3. The first-order valence-corrected chi connectivity index (χ1v) is 10.6. The molecule has 1 saturated carbocycles. The topological polar surface area (TPSA) is 113 Å². The second kappa shape index (κ2) is 8.37. The SMILES string of the molecule is O=C1CC(=Cc2cnn3c(NCCc4cccc(F)c4)nc(NCC4CC4)nc23)C(=O)N1. The van der Waals surface area contributed by atoms with Gasteiger partial charge in [0.05, 0.1) is 12.6 Å². The van der Waals surface area contributed by atoms with Crippen molar-refractivity contribution in [3.8, 4) is 0 Å². The van der Waals surface area contributed by atoms with E-state index < -0.39 is 5.91 Å². The first kappa shape index (κ1) is 20.1. The number of aromatic nitrogens is 4. The van der Waals surface area contributed by atoms with Gasteiger partial charge in [-0.2, -0.15) is 19.6 Å². The Bertz CT molecular complexity index is 1230. The van der Waals surface area contributed by atoms with Crippen molar-refractivity contribution in [1.29, 1.82) is 0 Å². The summed E-state index contributed by atoms with van der Waals surface area (Å²) in [6.07, 6.45) is 6.26. The maximum atomic E-state index is 13.4. The number of carbonyl (C=O) groups is 2. The Morgan fingerprint density at radius 2 is 2.09 bits per heavy atom. The molecule has 2 fully saturated rings. The zero-order valence-corrected chi connectivity index (χ0v) is 17.3. The van der Waals surface area contributed by atoms with Gasteiger partial charge in [-0.15, -0.1) is 0 Å². The Kier molecular flexibility index (Phi) is 5.26. The van der Waals surface area contributed by atoms with Gasteiger partial charge in [-0.25, -0.2) is 4.39 Å². The number of imide groups is 1. The van der Waals surface area contributed by atoms with Crippen LogP contribution >= 0.6 is 0 Å². The van der Waals surface area contributed by atoms with Crippen LogP contribution < -0.4 is 16.0 Å². The molecule has 0 spiro atoms. The summed E-state index contributed by atoms with van der Waals surface area (Å²) in [6, 6.07) is 6.48. The van der Waals surface area contributed by atoms with E-state index in [-0.39, 0.29) is 18.1 Å². The number of hydrogen-bond donors (Lipinski definition) is 3. The van der Waals surface area contributed by atoms with Crippen molar-refractivity contribution >= 4 is 35.4 Å². The highest BCUT2D eigenvalue weighted by molar-refractivity contribution is 6.15. The van der Waals surface area contributed by atoms with Crippen LogP contribution in [0.25, 0.3) is 11.7 Å². The van der Waals surface area contributed by atoms with Crippen molar-refractivity contribution in [2.45, 2.75) is 25.7 Å². The van der Waals surface area contributed by atoms with Crippen LogP contribution in [0.1, 0.15) is 30.4 Å². The first-order chi connectivity index (χ1) is 15.5. The minimum atomic E-state index is -0.399. The molecule has 2 aromatic heterocycles. The Balaban J connectivity index is 1.42. The Morgan fingerprint density at radius 3 is 2.84 bits per heavy atom. The number of benzene rings is 1. The van der Waals surface area contributed by atoms with Crippen molar-refractivity contribution in [3.05, 3.63) is 53.0 Å². The summed E-state index contributed by atoms with van der Waals surface area (Å²) in [4.78, 5) is 32.6.